The molecule has 0 radical (unpaired) electrons. The van der Waals surface area contributed by atoms with Crippen LogP contribution in [0.2, 0.25) is 0 Å². The van der Waals surface area contributed by atoms with Gasteiger partial charge in [-0.2, -0.15) is 0 Å². The molecule has 1 aromatic rings. The van der Waals surface area contributed by atoms with Gasteiger partial charge in [0, 0.05) is 6.23 Å². The summed E-state index contributed by atoms with van der Waals surface area (Å²) in [5, 5.41) is 32.0. The van der Waals surface area contributed by atoms with Crippen LogP contribution in [0.4, 0.5) is 5.82 Å². The van der Waals surface area contributed by atoms with Crippen molar-refractivity contribution in [1.29, 1.82) is 0 Å². The fraction of sp³-hybridized carbons (Fsp3) is 0.556. The maximum atomic E-state index is 11.5. The van der Waals surface area contributed by atoms with Gasteiger partial charge < -0.3 is 31.1 Å². The van der Waals surface area contributed by atoms with E-state index in [0.29, 0.717) is 5.82 Å². The van der Waals surface area contributed by atoms with E-state index in [4.69, 9.17) is 20.7 Å². The van der Waals surface area contributed by atoms with Gasteiger partial charge in [0.05, 0.1) is 25.2 Å². The van der Waals surface area contributed by atoms with Gasteiger partial charge in [0.25, 0.3) is 0 Å². The number of aliphatic imine (C=N–C) groups is 1. The van der Waals surface area contributed by atoms with E-state index >= 15 is 0 Å². The minimum Gasteiger partial charge on any atom is -0.830 e. The zero-order valence-corrected chi connectivity index (χ0v) is 12.5. The van der Waals surface area contributed by atoms with Crippen LogP contribution in [0.25, 0.3) is 0 Å². The third-order valence-corrected chi connectivity index (χ3v) is 2.46. The number of fused-ring (bicyclic) bond motifs is 1. The molecule has 0 aromatic carbocycles. The molecule has 10 heteroatoms. The Morgan fingerprint density at radius 1 is 1.53 bits per heavy atom. The smallest absolute Gasteiger partial charge is 0.830 e. The van der Waals surface area contributed by atoms with E-state index < -0.39 is 12.3 Å². The number of aliphatic hydroxyl groups excluding tert-OH is 2. The number of aliphatic hydroxyl groups is 2. The summed E-state index contributed by atoms with van der Waals surface area (Å²) < 4.78 is 6.74. The predicted molar refractivity (Wildman–Crippen MR) is 59.3 cm³/mol. The summed E-state index contributed by atoms with van der Waals surface area (Å²) in [6.45, 7) is -0.565. The van der Waals surface area contributed by atoms with E-state index in [2.05, 4.69) is 15.3 Å². The molecule has 9 nitrogen and oxygen atoms in total. The summed E-state index contributed by atoms with van der Waals surface area (Å²) >= 11 is 0. The number of imidazole rings is 1. The molecule has 0 bridgehead atoms. The first-order valence-electron chi connectivity index (χ1n) is 5.30. The van der Waals surface area contributed by atoms with Gasteiger partial charge in [-0.1, -0.05) is 0 Å². The minimum absolute atomic E-state index is 0. The van der Waals surface area contributed by atoms with E-state index in [1.54, 1.807) is 0 Å². The molecular formula is C9H14N5NaO4. The molecule has 5 N–H and O–H groups in total. The van der Waals surface area contributed by atoms with E-state index in [1.165, 1.54) is 10.9 Å². The molecule has 1 atom stereocenters. The number of guanidine groups is 1. The largest absolute Gasteiger partial charge is 1.00 e. The summed E-state index contributed by atoms with van der Waals surface area (Å²) in [5.74, 6) is 0.433. The molecule has 0 aliphatic carbocycles. The molecule has 0 saturated carbocycles. The van der Waals surface area contributed by atoms with Crippen LogP contribution in [0.3, 0.4) is 0 Å². The van der Waals surface area contributed by atoms with Crippen LogP contribution in [-0.2, 0) is 11.5 Å². The third kappa shape index (κ3) is 3.66. The van der Waals surface area contributed by atoms with Crippen molar-refractivity contribution in [2.24, 2.45) is 10.7 Å². The Balaban J connectivity index is 0.00000180. The molecule has 2 heterocycles. The Hall–Kier alpha value is -0.680. The third-order valence-electron chi connectivity index (χ3n) is 2.46. The number of ether oxygens (including phenoxy) is 1. The SMILES string of the molecule is NC1=NC([O-])c2ncn(COC(CO)CO)c2N1.[Na+]. The molecule has 0 fully saturated rings. The van der Waals surface area contributed by atoms with E-state index in [9.17, 15) is 5.11 Å². The number of nitrogens with zero attached hydrogens (tertiary/aromatic N) is 3. The van der Waals surface area contributed by atoms with Gasteiger partial charge in [0.1, 0.15) is 18.7 Å². The first-order chi connectivity index (χ1) is 8.65. The normalized spacial score (nSPS) is 17.5. The Labute approximate surface area is 131 Å². The van der Waals surface area contributed by atoms with Gasteiger partial charge in [-0.15, -0.1) is 0 Å². The van der Waals surface area contributed by atoms with Crippen molar-refractivity contribution in [1.82, 2.24) is 9.55 Å². The average Bonchev–Trinajstić information content (AvgIpc) is 2.74. The number of nitrogens with two attached hydrogens (primary N) is 1. The number of hydrogen-bond acceptors (Lipinski definition) is 8. The van der Waals surface area contributed by atoms with Crippen molar-refractivity contribution < 1.29 is 49.6 Å². The zero-order valence-electron chi connectivity index (χ0n) is 10.5. The molecule has 0 spiro atoms. The van der Waals surface area contributed by atoms with Gasteiger partial charge in [-0.3, -0.25) is 9.56 Å². The maximum Gasteiger partial charge on any atom is 1.00 e. The molecule has 1 aliphatic heterocycles. The number of rotatable bonds is 5. The van der Waals surface area contributed by atoms with Gasteiger partial charge in [-0.05, 0) is 0 Å². The first kappa shape index (κ1) is 16.4. The van der Waals surface area contributed by atoms with Gasteiger partial charge in [0.15, 0.2) is 5.96 Å². The number of hydrogen-bond donors (Lipinski definition) is 4. The molecule has 0 amide bonds. The van der Waals surface area contributed by atoms with Crippen molar-refractivity contribution in [2.75, 3.05) is 18.5 Å². The molecule has 19 heavy (non-hydrogen) atoms. The van der Waals surface area contributed by atoms with Gasteiger partial charge in [-0.25, -0.2) is 4.98 Å². The number of aromatic nitrogens is 2. The molecule has 1 aliphatic rings. The van der Waals surface area contributed by atoms with Crippen LogP contribution in [-0.4, -0.2) is 45.0 Å². The van der Waals surface area contributed by atoms with E-state index in [-0.39, 0.29) is 61.2 Å². The van der Waals surface area contributed by atoms with Crippen LogP contribution in [0.1, 0.15) is 11.9 Å². The van der Waals surface area contributed by atoms with E-state index in [0.717, 1.165) is 0 Å². The minimum atomic E-state index is -1.35. The van der Waals surface area contributed by atoms with Crippen LogP contribution >= 0.6 is 0 Å². The molecule has 100 valence electrons. The molecule has 1 aromatic heterocycles. The molecular weight excluding hydrogens is 265 g/mol. The standard InChI is InChI=1S/C9H14N5O4.Na/c10-9-12-7-6(8(17)13-9)11-3-14(7)4-18-5(1-15)2-16;/h3,5,8,15-16H,1-2,4H2,(H3,10,12,13);/q-1;+1. The summed E-state index contributed by atoms with van der Waals surface area (Å²) in [4.78, 5) is 7.52. The fourth-order valence-electron chi connectivity index (χ4n) is 1.50. The van der Waals surface area contributed by atoms with Crippen LogP contribution in [0.15, 0.2) is 11.3 Å². The predicted octanol–water partition coefficient (Wildman–Crippen LogP) is -5.69. The van der Waals surface area contributed by atoms with Gasteiger partial charge >= 0.3 is 29.6 Å². The Morgan fingerprint density at radius 3 is 2.84 bits per heavy atom. The topological polar surface area (TPSA) is 141 Å². The summed E-state index contributed by atoms with van der Waals surface area (Å²) in [7, 11) is 0. The monoisotopic (exact) mass is 279 g/mol. The second kappa shape index (κ2) is 7.20. The number of nitrogens with one attached hydrogen (secondary N) is 1. The second-order valence-electron chi connectivity index (χ2n) is 3.72. The van der Waals surface area contributed by atoms with Crippen LogP contribution < -0.4 is 45.7 Å². The van der Waals surface area contributed by atoms with Crippen molar-refractivity contribution >= 4 is 11.8 Å². The summed E-state index contributed by atoms with van der Waals surface area (Å²) in [5.41, 5.74) is 5.69. The Kier molecular flexibility index (Phi) is 6.20. The van der Waals surface area contributed by atoms with Gasteiger partial charge in [0.2, 0.25) is 0 Å². The second-order valence-corrected chi connectivity index (χ2v) is 3.72. The molecule has 0 saturated heterocycles. The zero-order chi connectivity index (χ0) is 13.1. The maximum absolute atomic E-state index is 11.5. The van der Waals surface area contributed by atoms with Crippen molar-refractivity contribution in [3.63, 3.8) is 0 Å². The van der Waals surface area contributed by atoms with Crippen molar-refractivity contribution in [2.45, 2.75) is 19.1 Å². The molecule has 2 rings (SSSR count). The van der Waals surface area contributed by atoms with E-state index in [1.807, 2.05) is 0 Å². The van der Waals surface area contributed by atoms with Crippen molar-refractivity contribution in [3.05, 3.63) is 12.0 Å². The Bertz CT molecular complexity index is 448. The molecule has 1 unspecified atom stereocenters. The van der Waals surface area contributed by atoms with Crippen molar-refractivity contribution in [3.8, 4) is 0 Å². The quantitative estimate of drug-likeness (QED) is 0.394. The summed E-state index contributed by atoms with van der Waals surface area (Å²) in [6, 6.07) is 0. The Morgan fingerprint density at radius 2 is 2.21 bits per heavy atom. The van der Waals surface area contributed by atoms with Crippen LogP contribution in [0, 0.1) is 0 Å². The number of anilines is 1. The summed E-state index contributed by atoms with van der Waals surface area (Å²) in [6.07, 6.45) is -0.627. The average molecular weight is 279 g/mol. The van der Waals surface area contributed by atoms with Crippen LogP contribution in [0.5, 0.6) is 0 Å². The fourth-order valence-corrected chi connectivity index (χ4v) is 1.50. The first-order valence-corrected chi connectivity index (χ1v) is 5.30.